The molecule has 2 aromatic carbocycles. The first-order chi connectivity index (χ1) is 15.9. The number of fused-ring (bicyclic) bond motifs is 1. The minimum absolute atomic E-state index is 0.219. The smallest absolute Gasteiger partial charge is 0.319 e. The van der Waals surface area contributed by atoms with Gasteiger partial charge in [0.15, 0.2) is 11.5 Å². The molecule has 12 heteroatoms. The van der Waals surface area contributed by atoms with Crippen LogP contribution < -0.4 is 20.1 Å². The molecule has 1 aliphatic heterocycles. The molecule has 0 saturated carbocycles. The van der Waals surface area contributed by atoms with Gasteiger partial charge in [-0.25, -0.2) is 17.9 Å². The van der Waals surface area contributed by atoms with Crippen LogP contribution in [0.25, 0.3) is 11.0 Å². The number of aromatic nitrogens is 3. The molecule has 0 radical (unpaired) electrons. The molecule has 0 atom stereocenters. The fourth-order valence-corrected chi connectivity index (χ4v) is 5.26. The number of carbonyl (C=O) groups is 1. The number of nitrogens with zero attached hydrogens (tertiary/aromatic N) is 4. The largest absolute Gasteiger partial charge is 0.493 e. The average Bonchev–Trinajstić information content (AvgIpc) is 3.49. The fraction of sp³-hybridized carbons (Fsp3) is 0.381. The van der Waals surface area contributed by atoms with E-state index in [1.54, 1.807) is 48.2 Å². The molecule has 2 heterocycles. The number of methoxy groups -OCH3 is 2. The third-order valence-electron chi connectivity index (χ3n) is 5.44. The van der Waals surface area contributed by atoms with E-state index in [1.165, 1.54) is 11.4 Å². The topological polar surface area (TPSA) is 128 Å². The summed E-state index contributed by atoms with van der Waals surface area (Å²) >= 11 is 0. The highest BCUT2D eigenvalue weighted by atomic mass is 32.2. The van der Waals surface area contributed by atoms with E-state index in [1.807, 2.05) is 0 Å². The summed E-state index contributed by atoms with van der Waals surface area (Å²) in [5.74, 6) is 1.08. The van der Waals surface area contributed by atoms with E-state index < -0.39 is 10.0 Å². The van der Waals surface area contributed by atoms with Crippen molar-refractivity contribution in [2.45, 2.75) is 24.3 Å². The molecule has 1 aliphatic rings. The highest BCUT2D eigenvalue weighted by Gasteiger charge is 2.27. The van der Waals surface area contributed by atoms with E-state index in [4.69, 9.17) is 9.47 Å². The molecule has 0 spiro atoms. The summed E-state index contributed by atoms with van der Waals surface area (Å²) in [6.07, 6.45) is 1.76. The van der Waals surface area contributed by atoms with Crippen LogP contribution >= 0.6 is 0 Å². The molecule has 11 nitrogen and oxygen atoms in total. The first-order valence-electron chi connectivity index (χ1n) is 10.5. The predicted molar refractivity (Wildman–Crippen MR) is 122 cm³/mol. The molecular weight excluding hydrogens is 448 g/mol. The van der Waals surface area contributed by atoms with Crippen LogP contribution in [0.1, 0.15) is 12.8 Å². The number of amides is 2. The quantitative estimate of drug-likeness (QED) is 0.511. The number of sulfonamides is 1. The Labute approximate surface area is 191 Å². The maximum Gasteiger partial charge on any atom is 0.319 e. The first kappa shape index (κ1) is 22.8. The van der Waals surface area contributed by atoms with E-state index >= 15 is 0 Å². The summed E-state index contributed by atoms with van der Waals surface area (Å²) in [5, 5.41) is 13.7. The minimum atomic E-state index is -3.51. The molecule has 2 amide bonds. The number of nitrogens with one attached hydrogen (secondary N) is 2. The van der Waals surface area contributed by atoms with Gasteiger partial charge in [-0.2, -0.15) is 4.31 Å². The van der Waals surface area contributed by atoms with Crippen LogP contribution in [0.3, 0.4) is 0 Å². The SMILES string of the molecule is COc1ccc(NC(=O)NCCn2nnc3cc(S(=O)(=O)N4CCCC4)ccc32)cc1OC. The summed E-state index contributed by atoms with van der Waals surface area (Å²) in [7, 11) is -0.451. The van der Waals surface area contributed by atoms with Crippen LogP contribution in [-0.4, -0.2) is 67.6 Å². The van der Waals surface area contributed by atoms with Crippen molar-refractivity contribution in [2.75, 3.05) is 39.2 Å². The van der Waals surface area contributed by atoms with Gasteiger partial charge in [0.05, 0.1) is 31.2 Å². The fourth-order valence-electron chi connectivity index (χ4n) is 3.72. The van der Waals surface area contributed by atoms with E-state index in [2.05, 4.69) is 20.9 Å². The summed E-state index contributed by atoms with van der Waals surface area (Å²) < 4.78 is 39.1. The third-order valence-corrected chi connectivity index (χ3v) is 7.33. The number of carbonyl (C=O) groups excluding carboxylic acids is 1. The van der Waals surface area contributed by atoms with Gasteiger partial charge >= 0.3 is 6.03 Å². The lowest BCUT2D eigenvalue weighted by Crippen LogP contribution is -2.31. The van der Waals surface area contributed by atoms with Crippen molar-refractivity contribution in [1.29, 1.82) is 0 Å². The van der Waals surface area contributed by atoms with Crippen LogP contribution in [-0.2, 0) is 16.6 Å². The van der Waals surface area contributed by atoms with Crippen molar-refractivity contribution in [3.8, 4) is 11.5 Å². The number of anilines is 1. The Bertz CT molecular complexity index is 1250. The van der Waals surface area contributed by atoms with Crippen molar-refractivity contribution in [3.05, 3.63) is 36.4 Å². The lowest BCUT2D eigenvalue weighted by molar-refractivity contribution is 0.251. The monoisotopic (exact) mass is 474 g/mol. The molecule has 3 aromatic rings. The second-order valence-electron chi connectivity index (χ2n) is 7.52. The first-order valence-corrected chi connectivity index (χ1v) is 12.0. The Balaban J connectivity index is 1.36. The van der Waals surface area contributed by atoms with Gasteiger partial charge < -0.3 is 20.1 Å². The summed E-state index contributed by atoms with van der Waals surface area (Å²) in [5.41, 5.74) is 1.74. The van der Waals surface area contributed by atoms with Crippen LogP contribution in [0.2, 0.25) is 0 Å². The third kappa shape index (κ3) is 4.86. The molecule has 176 valence electrons. The van der Waals surface area contributed by atoms with Gasteiger partial charge in [-0.05, 0) is 43.2 Å². The maximum atomic E-state index is 12.8. The van der Waals surface area contributed by atoms with E-state index in [0.29, 0.717) is 54.4 Å². The Morgan fingerprint density at radius 1 is 1.06 bits per heavy atom. The van der Waals surface area contributed by atoms with Crippen LogP contribution in [0, 0.1) is 0 Å². The maximum absolute atomic E-state index is 12.8. The van der Waals surface area contributed by atoms with Crippen LogP contribution in [0.4, 0.5) is 10.5 Å². The summed E-state index contributed by atoms with van der Waals surface area (Å²) in [6, 6.07) is 9.51. The highest BCUT2D eigenvalue weighted by molar-refractivity contribution is 7.89. The highest BCUT2D eigenvalue weighted by Crippen LogP contribution is 2.29. The predicted octanol–water partition coefficient (Wildman–Crippen LogP) is 2.05. The van der Waals surface area contributed by atoms with Gasteiger partial charge in [-0.1, -0.05) is 5.21 Å². The zero-order chi connectivity index (χ0) is 23.4. The van der Waals surface area contributed by atoms with E-state index in [9.17, 15) is 13.2 Å². The number of benzene rings is 2. The van der Waals surface area contributed by atoms with E-state index in [-0.39, 0.29) is 10.9 Å². The molecule has 2 N–H and O–H groups in total. The zero-order valence-corrected chi connectivity index (χ0v) is 19.3. The Kier molecular flexibility index (Phi) is 6.65. The Morgan fingerprint density at radius 2 is 1.82 bits per heavy atom. The van der Waals surface area contributed by atoms with Crippen molar-refractivity contribution in [1.82, 2.24) is 24.6 Å². The van der Waals surface area contributed by atoms with Crippen LogP contribution in [0.5, 0.6) is 11.5 Å². The average molecular weight is 475 g/mol. The van der Waals surface area contributed by atoms with Crippen molar-refractivity contribution < 1.29 is 22.7 Å². The summed E-state index contributed by atoms with van der Waals surface area (Å²) in [4.78, 5) is 12.4. The van der Waals surface area contributed by atoms with Gasteiger partial charge in [0.2, 0.25) is 10.0 Å². The molecule has 0 bridgehead atoms. The van der Waals surface area contributed by atoms with Gasteiger partial charge in [-0.15, -0.1) is 5.10 Å². The number of hydrogen-bond acceptors (Lipinski definition) is 7. The van der Waals surface area contributed by atoms with Gasteiger partial charge in [-0.3, -0.25) is 0 Å². The number of urea groups is 1. The molecule has 4 rings (SSSR count). The van der Waals surface area contributed by atoms with Crippen molar-refractivity contribution >= 4 is 32.8 Å². The summed E-state index contributed by atoms with van der Waals surface area (Å²) in [6.45, 7) is 1.76. The van der Waals surface area contributed by atoms with E-state index in [0.717, 1.165) is 12.8 Å². The molecule has 33 heavy (non-hydrogen) atoms. The minimum Gasteiger partial charge on any atom is -0.493 e. The molecule has 0 unspecified atom stereocenters. The zero-order valence-electron chi connectivity index (χ0n) is 18.4. The molecule has 1 aromatic heterocycles. The Hall–Kier alpha value is -3.38. The Morgan fingerprint density at radius 3 is 2.55 bits per heavy atom. The van der Waals surface area contributed by atoms with Crippen molar-refractivity contribution in [2.24, 2.45) is 0 Å². The second kappa shape index (κ2) is 9.63. The second-order valence-corrected chi connectivity index (χ2v) is 9.46. The molecular formula is C21H26N6O5S. The van der Waals surface area contributed by atoms with Crippen molar-refractivity contribution in [3.63, 3.8) is 0 Å². The van der Waals surface area contributed by atoms with Crippen LogP contribution in [0.15, 0.2) is 41.3 Å². The number of hydrogen-bond donors (Lipinski definition) is 2. The van der Waals surface area contributed by atoms with Gasteiger partial charge in [0, 0.05) is 31.4 Å². The number of ether oxygens (including phenoxy) is 2. The lowest BCUT2D eigenvalue weighted by Gasteiger charge is -2.15. The van der Waals surface area contributed by atoms with Gasteiger partial charge in [0.25, 0.3) is 0 Å². The lowest BCUT2D eigenvalue weighted by atomic mass is 10.3. The molecule has 1 fully saturated rings. The molecule has 1 saturated heterocycles. The van der Waals surface area contributed by atoms with Gasteiger partial charge in [0.1, 0.15) is 5.52 Å². The molecule has 0 aliphatic carbocycles. The normalized spacial score (nSPS) is 14.4. The number of rotatable bonds is 8. The standard InChI is InChI=1S/C21H26N6O5S/c1-31-19-8-5-15(13-20(19)32-2)23-21(28)22-9-12-27-18-7-6-16(14-17(18)24-25-27)33(29,30)26-10-3-4-11-26/h5-8,13-14H,3-4,9-12H2,1-2H3,(H2,22,23,28).